The topological polar surface area (TPSA) is 140 Å². The molecule has 13 heteroatoms. The van der Waals surface area contributed by atoms with Crippen molar-refractivity contribution in [1.82, 2.24) is 40.0 Å². The summed E-state index contributed by atoms with van der Waals surface area (Å²) >= 11 is 6.55. The first-order valence-corrected chi connectivity index (χ1v) is 20.3. The molecule has 4 aromatic carbocycles. The highest BCUT2D eigenvalue weighted by Gasteiger charge is 2.39. The molecule has 2 aromatic heterocycles. The molecule has 0 radical (unpaired) electrons. The quantitative estimate of drug-likeness (QED) is 0.119. The number of carbonyl (C=O) groups excluding carboxylic acids is 3. The van der Waals surface area contributed by atoms with Gasteiger partial charge in [0.2, 0.25) is 5.91 Å². The highest BCUT2D eigenvalue weighted by Crippen LogP contribution is 2.38. The molecule has 0 aliphatic carbocycles. The number of methoxy groups -OCH3 is 1. The molecule has 2 aliphatic rings. The third kappa shape index (κ3) is 8.23. The lowest BCUT2D eigenvalue weighted by molar-refractivity contribution is -0.137. The molecule has 302 valence electrons. The molecule has 4 atom stereocenters. The zero-order valence-corrected chi connectivity index (χ0v) is 34.0. The van der Waals surface area contributed by atoms with Gasteiger partial charge in [-0.1, -0.05) is 109 Å². The molecule has 0 saturated carbocycles. The summed E-state index contributed by atoms with van der Waals surface area (Å²) in [6, 6.07) is 31.6. The molecule has 1 unspecified atom stereocenters. The van der Waals surface area contributed by atoms with E-state index < -0.39 is 18.2 Å². The van der Waals surface area contributed by atoms with E-state index in [1.807, 2.05) is 84.7 Å². The van der Waals surface area contributed by atoms with Crippen molar-refractivity contribution in [2.45, 2.75) is 49.9 Å². The van der Waals surface area contributed by atoms with Crippen LogP contribution in [-0.4, -0.2) is 86.8 Å². The molecule has 8 rings (SSSR count). The lowest BCUT2D eigenvalue weighted by atomic mass is 10.0. The Hall–Kier alpha value is -6.24. The van der Waals surface area contributed by atoms with Crippen LogP contribution in [0.2, 0.25) is 5.02 Å². The minimum Gasteiger partial charge on any atom is -0.453 e. The van der Waals surface area contributed by atoms with Crippen LogP contribution in [0.25, 0.3) is 33.6 Å². The lowest BCUT2D eigenvalue weighted by Crippen LogP contribution is -2.42. The average Bonchev–Trinajstić information content (AvgIpc) is 4.11. The molecule has 6 aromatic rings. The fourth-order valence-corrected chi connectivity index (χ4v) is 8.62. The Bertz CT molecular complexity index is 2410. The van der Waals surface area contributed by atoms with Crippen molar-refractivity contribution in [3.05, 3.63) is 143 Å². The first-order chi connectivity index (χ1) is 28.7. The van der Waals surface area contributed by atoms with Crippen LogP contribution in [0, 0.1) is 0 Å². The van der Waals surface area contributed by atoms with E-state index in [9.17, 15) is 14.4 Å². The van der Waals surface area contributed by atoms with Gasteiger partial charge in [0.15, 0.2) is 0 Å². The van der Waals surface area contributed by atoms with Gasteiger partial charge >= 0.3 is 6.09 Å². The first-order valence-electron chi connectivity index (χ1n) is 19.9. The van der Waals surface area contributed by atoms with E-state index in [1.54, 1.807) is 11.1 Å². The van der Waals surface area contributed by atoms with E-state index in [2.05, 4.69) is 63.8 Å². The highest BCUT2D eigenvalue weighted by atomic mass is 35.5. The normalized spacial score (nSPS) is 17.6. The van der Waals surface area contributed by atoms with Gasteiger partial charge in [-0.05, 0) is 79.2 Å². The lowest BCUT2D eigenvalue weighted by Gasteiger charge is -2.32. The number of aromatic amines is 2. The maximum Gasteiger partial charge on any atom is 0.407 e. The summed E-state index contributed by atoms with van der Waals surface area (Å²) in [6.07, 6.45) is 6.30. The molecule has 59 heavy (non-hydrogen) atoms. The highest BCUT2D eigenvalue weighted by molar-refractivity contribution is 6.31. The fourth-order valence-electron chi connectivity index (χ4n) is 8.38. The van der Waals surface area contributed by atoms with Crippen molar-refractivity contribution in [3.63, 3.8) is 0 Å². The molecule has 0 bridgehead atoms. The number of imidazole rings is 2. The van der Waals surface area contributed by atoms with Gasteiger partial charge in [0.05, 0.1) is 43.0 Å². The van der Waals surface area contributed by atoms with Crippen molar-refractivity contribution in [1.29, 1.82) is 0 Å². The summed E-state index contributed by atoms with van der Waals surface area (Å²) in [5.41, 5.74) is 7.34. The zero-order chi connectivity index (χ0) is 41.0. The number of halogens is 1. The SMILES string of the molecule is COC(=O)N[C@@H](C(=O)N1CCC[C@H]1c1ncc(-c2ccc(-c3ccc(-c4cnc([C@@H]5CCCN5C(=O)C(c5ccccc5Cl)N(C)C)[nH]4)cc3)cc2)[nH]1)c1ccccc1. The second-order valence-corrected chi connectivity index (χ2v) is 15.7. The number of aromatic nitrogens is 4. The minimum absolute atomic E-state index is 0.0166. The van der Waals surface area contributed by atoms with Crippen LogP contribution in [0.15, 0.2) is 116 Å². The summed E-state index contributed by atoms with van der Waals surface area (Å²) in [5.74, 6) is 1.30. The molecule has 0 spiro atoms. The molecule has 2 fully saturated rings. The number of benzene rings is 4. The van der Waals surface area contributed by atoms with Crippen molar-refractivity contribution in [2.24, 2.45) is 0 Å². The molecule has 2 aliphatic heterocycles. The summed E-state index contributed by atoms with van der Waals surface area (Å²) in [4.78, 5) is 62.2. The number of nitrogens with zero attached hydrogens (tertiary/aromatic N) is 5. The second-order valence-electron chi connectivity index (χ2n) is 15.3. The zero-order valence-electron chi connectivity index (χ0n) is 33.3. The molecule has 3 amide bonds. The van der Waals surface area contributed by atoms with Crippen molar-refractivity contribution in [2.75, 3.05) is 34.3 Å². The maximum absolute atomic E-state index is 14.0. The number of amides is 3. The predicted molar refractivity (Wildman–Crippen MR) is 227 cm³/mol. The molecule has 3 N–H and O–H groups in total. The van der Waals surface area contributed by atoms with Gasteiger partial charge in [-0.2, -0.15) is 0 Å². The van der Waals surface area contributed by atoms with E-state index in [4.69, 9.17) is 26.3 Å². The Balaban J connectivity index is 0.931. The summed E-state index contributed by atoms with van der Waals surface area (Å²) in [6.45, 7) is 1.22. The number of alkyl carbamates (subject to hydrolysis) is 1. The van der Waals surface area contributed by atoms with Crippen LogP contribution >= 0.6 is 11.6 Å². The van der Waals surface area contributed by atoms with Crippen molar-refractivity contribution in [3.8, 4) is 33.6 Å². The molecular weight excluding hydrogens is 764 g/mol. The number of nitrogens with one attached hydrogen (secondary N) is 3. The van der Waals surface area contributed by atoms with Crippen LogP contribution in [0.5, 0.6) is 0 Å². The van der Waals surface area contributed by atoms with Crippen LogP contribution in [-0.2, 0) is 14.3 Å². The predicted octanol–water partition coefficient (Wildman–Crippen LogP) is 8.51. The standard InChI is InChI=1S/C46H47ClN8O4/c1-53(2)41(34-13-7-8-14-35(34)47)45(57)55-26-10-16-39(55)43-49-28-37(51-43)32-23-19-30(20-24-32)29-17-21-31(22-18-29)36-27-48-42(50-36)38-15-9-25-54(38)44(56)40(52-46(58)59-3)33-11-5-4-6-12-33/h4-8,11-14,17-24,27-28,38-41H,9-10,15-16,25-26H2,1-3H3,(H,48,50)(H,49,51)(H,52,58)/t38-,39-,40+,41?/m0/s1. The summed E-state index contributed by atoms with van der Waals surface area (Å²) in [7, 11) is 5.10. The smallest absolute Gasteiger partial charge is 0.407 e. The van der Waals surface area contributed by atoms with E-state index in [-0.39, 0.29) is 23.9 Å². The van der Waals surface area contributed by atoms with E-state index in [0.29, 0.717) is 29.5 Å². The van der Waals surface area contributed by atoms with Crippen LogP contribution in [0.4, 0.5) is 4.79 Å². The summed E-state index contributed by atoms with van der Waals surface area (Å²) < 4.78 is 4.83. The maximum atomic E-state index is 14.0. The van der Waals surface area contributed by atoms with Gasteiger partial charge in [0.1, 0.15) is 23.7 Å². The van der Waals surface area contributed by atoms with Gasteiger partial charge in [-0.25, -0.2) is 14.8 Å². The Kier molecular flexibility index (Phi) is 11.6. The van der Waals surface area contributed by atoms with Gasteiger partial charge < -0.3 is 29.8 Å². The van der Waals surface area contributed by atoms with Crippen LogP contribution in [0.1, 0.15) is 72.6 Å². The van der Waals surface area contributed by atoms with Gasteiger partial charge in [-0.15, -0.1) is 0 Å². The minimum atomic E-state index is -0.875. The van der Waals surface area contributed by atoms with Gasteiger partial charge in [0, 0.05) is 18.1 Å². The molecule has 12 nitrogen and oxygen atoms in total. The van der Waals surface area contributed by atoms with Crippen molar-refractivity contribution < 1.29 is 19.1 Å². The Morgan fingerprint density at radius 2 is 1.20 bits per heavy atom. The van der Waals surface area contributed by atoms with Crippen LogP contribution < -0.4 is 5.32 Å². The Labute approximate surface area is 348 Å². The van der Waals surface area contributed by atoms with Gasteiger partial charge in [-0.3, -0.25) is 14.5 Å². The first kappa shape index (κ1) is 39.6. The number of likely N-dealkylation sites (N-methyl/N-ethyl adjacent to an activating group) is 1. The number of H-pyrrole nitrogens is 2. The van der Waals surface area contributed by atoms with E-state index in [0.717, 1.165) is 70.7 Å². The average molecular weight is 811 g/mol. The van der Waals surface area contributed by atoms with E-state index >= 15 is 0 Å². The third-order valence-corrected chi connectivity index (χ3v) is 11.7. The number of rotatable bonds is 11. The number of likely N-dealkylation sites (tertiary alicyclic amines) is 2. The molecule has 4 heterocycles. The number of hydrogen-bond donors (Lipinski definition) is 3. The van der Waals surface area contributed by atoms with Crippen LogP contribution in [0.3, 0.4) is 0 Å². The number of carbonyl (C=O) groups is 3. The third-order valence-electron chi connectivity index (χ3n) is 11.4. The molecule has 2 saturated heterocycles. The van der Waals surface area contributed by atoms with E-state index in [1.165, 1.54) is 7.11 Å². The van der Waals surface area contributed by atoms with Gasteiger partial charge in [0.25, 0.3) is 5.91 Å². The second kappa shape index (κ2) is 17.3. The largest absolute Gasteiger partial charge is 0.453 e. The Morgan fingerprint density at radius 1 is 0.712 bits per heavy atom. The number of ether oxygens (including phenoxy) is 1. The summed E-state index contributed by atoms with van der Waals surface area (Å²) in [5, 5.41) is 3.30. The molecular formula is C46H47ClN8O4. The number of hydrogen-bond acceptors (Lipinski definition) is 7. The fraction of sp³-hybridized carbons (Fsp3) is 0.283. The van der Waals surface area contributed by atoms with Crippen molar-refractivity contribution >= 4 is 29.5 Å². The monoisotopic (exact) mass is 810 g/mol. The Morgan fingerprint density at radius 3 is 1.71 bits per heavy atom.